The molecular formula is C20H34O4. The van der Waals surface area contributed by atoms with Crippen LogP contribution >= 0.6 is 0 Å². The standard InChI is InChI=1S/C20H34O4/c1-2-3-4-5-9-12-18(21)17-14-15-19(22)16(17)11-8-6-7-10-13-20(23)24/h9,12,16-18,21H,2-8,10-11,13-15H2,1H3,(H,23,24)/t16-,17-,18?/m0/s1. The number of unbranched alkanes of at least 4 members (excludes halogenated alkanes) is 6. The zero-order valence-electron chi connectivity index (χ0n) is 15.1. The van der Waals surface area contributed by atoms with Gasteiger partial charge in [0, 0.05) is 18.8 Å². The van der Waals surface area contributed by atoms with Gasteiger partial charge in [0.1, 0.15) is 5.78 Å². The predicted octanol–water partition coefficient (Wildman–Crippen LogP) is 4.50. The Hall–Kier alpha value is -1.16. The second kappa shape index (κ2) is 12.2. The van der Waals surface area contributed by atoms with E-state index in [0.29, 0.717) is 18.6 Å². The average molecular weight is 338 g/mol. The van der Waals surface area contributed by atoms with Gasteiger partial charge in [0.25, 0.3) is 0 Å². The molecule has 3 atom stereocenters. The number of carboxylic acid groups (broad SMARTS) is 1. The van der Waals surface area contributed by atoms with E-state index in [1.54, 1.807) is 0 Å². The zero-order valence-corrected chi connectivity index (χ0v) is 15.1. The fourth-order valence-electron chi connectivity index (χ4n) is 3.60. The van der Waals surface area contributed by atoms with Crippen LogP contribution in [0.4, 0.5) is 0 Å². The van der Waals surface area contributed by atoms with E-state index in [1.165, 1.54) is 12.8 Å². The summed E-state index contributed by atoms with van der Waals surface area (Å²) in [6, 6.07) is 0. The minimum atomic E-state index is -0.741. The van der Waals surface area contributed by atoms with Crippen LogP contribution < -0.4 is 0 Å². The van der Waals surface area contributed by atoms with Crippen molar-refractivity contribution in [2.45, 2.75) is 90.1 Å². The van der Waals surface area contributed by atoms with Gasteiger partial charge in [-0.05, 0) is 38.0 Å². The first-order chi connectivity index (χ1) is 11.6. The first-order valence-corrected chi connectivity index (χ1v) is 9.65. The van der Waals surface area contributed by atoms with Gasteiger partial charge in [-0.25, -0.2) is 0 Å². The van der Waals surface area contributed by atoms with Gasteiger partial charge in [-0.2, -0.15) is 0 Å². The molecule has 1 unspecified atom stereocenters. The SMILES string of the molecule is CCCCCC=CC(O)[C@H]1CCC(=O)[C@H]1CCCCCCC(=O)O. The van der Waals surface area contributed by atoms with Crippen molar-refractivity contribution in [3.05, 3.63) is 12.2 Å². The molecule has 1 fully saturated rings. The Morgan fingerprint density at radius 1 is 1.21 bits per heavy atom. The van der Waals surface area contributed by atoms with Crippen LogP contribution in [0, 0.1) is 11.8 Å². The largest absolute Gasteiger partial charge is 0.481 e. The highest BCUT2D eigenvalue weighted by molar-refractivity contribution is 5.83. The van der Waals surface area contributed by atoms with Crippen molar-refractivity contribution in [3.63, 3.8) is 0 Å². The highest BCUT2D eigenvalue weighted by atomic mass is 16.4. The minimum Gasteiger partial charge on any atom is -0.481 e. The van der Waals surface area contributed by atoms with Crippen molar-refractivity contribution in [2.75, 3.05) is 0 Å². The molecule has 0 aromatic heterocycles. The molecule has 1 rings (SSSR count). The second-order valence-corrected chi connectivity index (χ2v) is 7.04. The fourth-order valence-corrected chi connectivity index (χ4v) is 3.60. The van der Waals surface area contributed by atoms with Crippen LogP contribution in [0.25, 0.3) is 0 Å². The highest BCUT2D eigenvalue weighted by Gasteiger charge is 2.37. The van der Waals surface area contributed by atoms with E-state index in [2.05, 4.69) is 13.0 Å². The zero-order chi connectivity index (χ0) is 17.8. The lowest BCUT2D eigenvalue weighted by Gasteiger charge is -2.21. The molecule has 0 aliphatic heterocycles. The molecule has 4 heteroatoms. The Labute approximate surface area is 146 Å². The Morgan fingerprint density at radius 3 is 2.67 bits per heavy atom. The molecule has 0 radical (unpaired) electrons. The van der Waals surface area contributed by atoms with Gasteiger partial charge in [0.15, 0.2) is 0 Å². The highest BCUT2D eigenvalue weighted by Crippen LogP contribution is 2.35. The molecule has 24 heavy (non-hydrogen) atoms. The van der Waals surface area contributed by atoms with Crippen LogP contribution in [-0.4, -0.2) is 28.1 Å². The summed E-state index contributed by atoms with van der Waals surface area (Å²) in [4.78, 5) is 22.6. The molecule has 0 saturated heterocycles. The number of aliphatic hydroxyl groups excluding tert-OH is 1. The van der Waals surface area contributed by atoms with Gasteiger partial charge in [-0.15, -0.1) is 0 Å². The minimum absolute atomic E-state index is 0.0141. The lowest BCUT2D eigenvalue weighted by atomic mass is 9.86. The van der Waals surface area contributed by atoms with E-state index in [9.17, 15) is 14.7 Å². The van der Waals surface area contributed by atoms with E-state index in [-0.39, 0.29) is 18.3 Å². The van der Waals surface area contributed by atoms with Gasteiger partial charge in [0.05, 0.1) is 6.10 Å². The topological polar surface area (TPSA) is 74.6 Å². The summed E-state index contributed by atoms with van der Waals surface area (Å²) >= 11 is 0. The Balaban J connectivity index is 2.30. The molecule has 2 N–H and O–H groups in total. The molecule has 0 bridgehead atoms. The number of ketones is 1. The summed E-state index contributed by atoms with van der Waals surface area (Å²) in [7, 11) is 0. The molecule has 0 amide bonds. The number of aliphatic hydroxyl groups is 1. The van der Waals surface area contributed by atoms with Crippen LogP contribution in [0.5, 0.6) is 0 Å². The van der Waals surface area contributed by atoms with Crippen LogP contribution in [0.2, 0.25) is 0 Å². The second-order valence-electron chi connectivity index (χ2n) is 7.04. The Bertz CT molecular complexity index is 402. The van der Waals surface area contributed by atoms with Crippen LogP contribution in [0.1, 0.15) is 84.0 Å². The fraction of sp³-hybridized carbons (Fsp3) is 0.800. The lowest BCUT2D eigenvalue weighted by Crippen LogP contribution is -2.25. The number of carbonyl (C=O) groups excluding carboxylic acids is 1. The van der Waals surface area contributed by atoms with Gasteiger partial charge in [0.2, 0.25) is 0 Å². The summed E-state index contributed by atoms with van der Waals surface area (Å²) in [5.41, 5.74) is 0. The van der Waals surface area contributed by atoms with Gasteiger partial charge in [-0.3, -0.25) is 9.59 Å². The third-order valence-electron chi connectivity index (χ3n) is 5.06. The average Bonchev–Trinajstić information content (AvgIpc) is 2.91. The number of hydrogen-bond donors (Lipinski definition) is 2. The third kappa shape index (κ3) is 8.09. The number of allylic oxidation sites excluding steroid dienone is 1. The number of carboxylic acids is 1. The van der Waals surface area contributed by atoms with Gasteiger partial charge >= 0.3 is 5.97 Å². The van der Waals surface area contributed by atoms with Gasteiger partial charge < -0.3 is 10.2 Å². The van der Waals surface area contributed by atoms with E-state index >= 15 is 0 Å². The molecule has 138 valence electrons. The van der Waals surface area contributed by atoms with E-state index in [0.717, 1.165) is 44.9 Å². The molecule has 1 aliphatic carbocycles. The van der Waals surface area contributed by atoms with Crippen LogP contribution in [-0.2, 0) is 9.59 Å². The van der Waals surface area contributed by atoms with Crippen molar-refractivity contribution in [1.82, 2.24) is 0 Å². The maximum atomic E-state index is 12.1. The van der Waals surface area contributed by atoms with E-state index in [1.807, 2.05) is 6.08 Å². The molecule has 1 saturated carbocycles. The van der Waals surface area contributed by atoms with Crippen molar-refractivity contribution < 1.29 is 19.8 Å². The predicted molar refractivity (Wildman–Crippen MR) is 95.8 cm³/mol. The molecule has 4 nitrogen and oxygen atoms in total. The van der Waals surface area contributed by atoms with Crippen molar-refractivity contribution in [3.8, 4) is 0 Å². The maximum absolute atomic E-state index is 12.1. The summed E-state index contributed by atoms with van der Waals surface area (Å²) in [6.45, 7) is 2.18. The summed E-state index contributed by atoms with van der Waals surface area (Å²) in [6.07, 6.45) is 14.0. The van der Waals surface area contributed by atoms with E-state index in [4.69, 9.17) is 5.11 Å². The summed E-state index contributed by atoms with van der Waals surface area (Å²) in [5.74, 6) is -0.391. The van der Waals surface area contributed by atoms with Crippen LogP contribution in [0.3, 0.4) is 0 Å². The number of rotatable bonds is 13. The quantitative estimate of drug-likeness (QED) is 0.383. The molecule has 0 aromatic rings. The number of hydrogen-bond acceptors (Lipinski definition) is 3. The number of carbonyl (C=O) groups is 2. The first-order valence-electron chi connectivity index (χ1n) is 9.65. The van der Waals surface area contributed by atoms with Crippen LogP contribution in [0.15, 0.2) is 12.2 Å². The Morgan fingerprint density at radius 2 is 1.96 bits per heavy atom. The molecule has 0 heterocycles. The molecule has 1 aliphatic rings. The van der Waals surface area contributed by atoms with Crippen molar-refractivity contribution in [1.29, 1.82) is 0 Å². The summed E-state index contributed by atoms with van der Waals surface area (Å²) < 4.78 is 0. The maximum Gasteiger partial charge on any atom is 0.303 e. The number of aliphatic carboxylic acids is 1. The monoisotopic (exact) mass is 338 g/mol. The smallest absolute Gasteiger partial charge is 0.303 e. The van der Waals surface area contributed by atoms with Gasteiger partial charge in [-0.1, -0.05) is 51.2 Å². The molecule has 0 aromatic carbocycles. The van der Waals surface area contributed by atoms with Crippen molar-refractivity contribution >= 4 is 11.8 Å². The molecular weight excluding hydrogens is 304 g/mol. The third-order valence-corrected chi connectivity index (χ3v) is 5.06. The first kappa shape index (κ1) is 20.9. The normalized spacial score (nSPS) is 22.3. The lowest BCUT2D eigenvalue weighted by molar-refractivity contribution is -0.137. The van der Waals surface area contributed by atoms with Crippen molar-refractivity contribution in [2.24, 2.45) is 11.8 Å². The number of Topliss-reactive ketones (excluding diaryl/α,β-unsaturated/α-hetero) is 1. The van der Waals surface area contributed by atoms with E-state index < -0.39 is 12.1 Å². The molecule has 0 spiro atoms. The summed E-state index contributed by atoms with van der Waals surface area (Å²) in [5, 5.41) is 19.0. The Kier molecular flexibility index (Phi) is 10.6.